The van der Waals surface area contributed by atoms with Crippen LogP contribution in [0.15, 0.2) is 18.2 Å². The van der Waals surface area contributed by atoms with E-state index >= 15 is 0 Å². The van der Waals surface area contributed by atoms with Gasteiger partial charge in [0, 0.05) is 0 Å². The van der Waals surface area contributed by atoms with Crippen molar-refractivity contribution < 1.29 is 9.53 Å². The highest BCUT2D eigenvalue weighted by molar-refractivity contribution is 6.00. The van der Waals surface area contributed by atoms with Gasteiger partial charge < -0.3 is 4.74 Å². The predicted octanol–water partition coefficient (Wildman–Crippen LogP) is 3.10. The van der Waals surface area contributed by atoms with Crippen LogP contribution >= 0.6 is 0 Å². The summed E-state index contributed by atoms with van der Waals surface area (Å²) in [6, 6.07) is 5.94. The highest BCUT2D eigenvalue weighted by Crippen LogP contribution is 2.25. The molecule has 0 N–H and O–H groups in total. The lowest BCUT2D eigenvalue weighted by Gasteiger charge is -2.16. The number of ether oxygens (including phenoxy) is 1. The summed E-state index contributed by atoms with van der Waals surface area (Å²) in [5.74, 6) is 1.28. The van der Waals surface area contributed by atoms with Gasteiger partial charge in [0.2, 0.25) is 0 Å². The standard InChI is InChI=1S/C16H23NO2/c1-12(2)13-6-7-16(19-3)14(10-13)15(18)11-17-8-4-5-9-17/h6-7,10,12H,4-5,8-9,11H2,1-3H3. The second-order valence-electron chi connectivity index (χ2n) is 5.52. The van der Waals surface area contributed by atoms with E-state index in [-0.39, 0.29) is 5.78 Å². The lowest BCUT2D eigenvalue weighted by Crippen LogP contribution is -2.27. The van der Waals surface area contributed by atoms with Crippen molar-refractivity contribution >= 4 is 5.78 Å². The van der Waals surface area contributed by atoms with E-state index in [1.807, 2.05) is 18.2 Å². The Morgan fingerprint density at radius 1 is 1.32 bits per heavy atom. The van der Waals surface area contributed by atoms with Gasteiger partial charge in [0.05, 0.1) is 19.2 Å². The van der Waals surface area contributed by atoms with Gasteiger partial charge in [-0.25, -0.2) is 0 Å². The third-order valence-corrected chi connectivity index (χ3v) is 3.76. The molecule has 1 aromatic carbocycles. The van der Waals surface area contributed by atoms with Crippen LogP contribution in [0.25, 0.3) is 0 Å². The highest BCUT2D eigenvalue weighted by Gasteiger charge is 2.19. The zero-order valence-electron chi connectivity index (χ0n) is 12.1. The first-order valence-electron chi connectivity index (χ1n) is 7.05. The lowest BCUT2D eigenvalue weighted by molar-refractivity contribution is 0.0942. The van der Waals surface area contributed by atoms with Gasteiger partial charge in [0.15, 0.2) is 5.78 Å². The molecule has 1 aliphatic heterocycles. The van der Waals surface area contributed by atoms with E-state index in [4.69, 9.17) is 4.74 Å². The summed E-state index contributed by atoms with van der Waals surface area (Å²) in [7, 11) is 1.62. The topological polar surface area (TPSA) is 29.5 Å². The third kappa shape index (κ3) is 3.35. The zero-order valence-corrected chi connectivity index (χ0v) is 12.1. The number of nitrogens with zero attached hydrogens (tertiary/aromatic N) is 1. The van der Waals surface area contributed by atoms with Crippen molar-refractivity contribution in [3.63, 3.8) is 0 Å². The number of Topliss-reactive ketones (excluding diaryl/α,β-unsaturated/α-hetero) is 1. The molecule has 2 rings (SSSR count). The maximum Gasteiger partial charge on any atom is 0.180 e. The Hall–Kier alpha value is -1.35. The number of hydrogen-bond acceptors (Lipinski definition) is 3. The fourth-order valence-electron chi connectivity index (χ4n) is 2.53. The minimum absolute atomic E-state index is 0.168. The summed E-state index contributed by atoms with van der Waals surface area (Å²) in [5.41, 5.74) is 1.91. The monoisotopic (exact) mass is 261 g/mol. The van der Waals surface area contributed by atoms with Gasteiger partial charge in [0.1, 0.15) is 5.75 Å². The van der Waals surface area contributed by atoms with Crippen LogP contribution in [0, 0.1) is 0 Å². The molecule has 0 bridgehead atoms. The van der Waals surface area contributed by atoms with E-state index in [1.165, 1.54) is 18.4 Å². The SMILES string of the molecule is COc1ccc(C(C)C)cc1C(=O)CN1CCCC1. The average Bonchev–Trinajstić information content (AvgIpc) is 2.90. The molecule has 0 atom stereocenters. The molecule has 0 saturated carbocycles. The number of rotatable bonds is 5. The Morgan fingerprint density at radius 3 is 2.58 bits per heavy atom. The molecule has 104 valence electrons. The van der Waals surface area contributed by atoms with Crippen molar-refractivity contribution in [3.8, 4) is 5.75 Å². The molecule has 1 aliphatic rings. The van der Waals surface area contributed by atoms with Crippen LogP contribution in [0.2, 0.25) is 0 Å². The number of methoxy groups -OCH3 is 1. The van der Waals surface area contributed by atoms with Gasteiger partial charge in [-0.3, -0.25) is 9.69 Å². The normalized spacial score (nSPS) is 16.0. The number of likely N-dealkylation sites (tertiary alicyclic amines) is 1. The van der Waals surface area contributed by atoms with Crippen molar-refractivity contribution in [3.05, 3.63) is 29.3 Å². The Bertz CT molecular complexity index is 448. The van der Waals surface area contributed by atoms with E-state index < -0.39 is 0 Å². The minimum Gasteiger partial charge on any atom is -0.496 e. The van der Waals surface area contributed by atoms with Gasteiger partial charge in [0.25, 0.3) is 0 Å². The quantitative estimate of drug-likeness (QED) is 0.763. The second-order valence-corrected chi connectivity index (χ2v) is 5.52. The van der Waals surface area contributed by atoms with Crippen LogP contribution in [0.4, 0.5) is 0 Å². The van der Waals surface area contributed by atoms with Gasteiger partial charge in [-0.15, -0.1) is 0 Å². The summed E-state index contributed by atoms with van der Waals surface area (Å²) in [5, 5.41) is 0. The summed E-state index contributed by atoms with van der Waals surface area (Å²) >= 11 is 0. The maximum absolute atomic E-state index is 12.4. The van der Waals surface area contributed by atoms with Crippen molar-refractivity contribution in [2.75, 3.05) is 26.7 Å². The smallest absolute Gasteiger partial charge is 0.180 e. The molecule has 1 fully saturated rings. The van der Waals surface area contributed by atoms with Gasteiger partial charge >= 0.3 is 0 Å². The number of hydrogen-bond donors (Lipinski definition) is 0. The molecule has 19 heavy (non-hydrogen) atoms. The number of benzene rings is 1. The van der Waals surface area contributed by atoms with Crippen LogP contribution in [-0.2, 0) is 0 Å². The molecule has 0 spiro atoms. The fraction of sp³-hybridized carbons (Fsp3) is 0.562. The number of ketones is 1. The minimum atomic E-state index is 0.168. The molecule has 3 heteroatoms. The largest absolute Gasteiger partial charge is 0.496 e. The van der Waals surface area contributed by atoms with Crippen molar-refractivity contribution in [1.82, 2.24) is 4.90 Å². The molecular formula is C16H23NO2. The Balaban J connectivity index is 2.20. The molecule has 0 aliphatic carbocycles. The first kappa shape index (κ1) is 14.1. The van der Waals surface area contributed by atoms with Crippen molar-refractivity contribution in [2.24, 2.45) is 0 Å². The van der Waals surface area contributed by atoms with E-state index in [9.17, 15) is 4.79 Å². The predicted molar refractivity (Wildman–Crippen MR) is 77.1 cm³/mol. The van der Waals surface area contributed by atoms with E-state index in [0.29, 0.717) is 18.2 Å². The Morgan fingerprint density at radius 2 is 2.00 bits per heavy atom. The van der Waals surface area contributed by atoms with E-state index in [2.05, 4.69) is 18.7 Å². The van der Waals surface area contributed by atoms with Crippen LogP contribution in [0.5, 0.6) is 5.75 Å². The molecule has 1 heterocycles. The molecule has 0 unspecified atom stereocenters. The van der Waals surface area contributed by atoms with Crippen molar-refractivity contribution in [2.45, 2.75) is 32.6 Å². The summed E-state index contributed by atoms with van der Waals surface area (Å²) < 4.78 is 5.33. The van der Waals surface area contributed by atoms with Gasteiger partial charge in [-0.2, -0.15) is 0 Å². The molecule has 0 radical (unpaired) electrons. The van der Waals surface area contributed by atoms with Gasteiger partial charge in [-0.1, -0.05) is 19.9 Å². The lowest BCUT2D eigenvalue weighted by atomic mass is 9.98. The highest BCUT2D eigenvalue weighted by atomic mass is 16.5. The Labute approximate surface area is 115 Å². The number of carbonyl (C=O) groups is 1. The molecule has 1 aromatic rings. The molecular weight excluding hydrogens is 238 g/mol. The average molecular weight is 261 g/mol. The van der Waals surface area contributed by atoms with E-state index in [1.54, 1.807) is 7.11 Å². The van der Waals surface area contributed by atoms with Crippen LogP contribution in [0.1, 0.15) is 48.5 Å². The van der Waals surface area contributed by atoms with Crippen LogP contribution in [-0.4, -0.2) is 37.4 Å². The fourth-order valence-corrected chi connectivity index (χ4v) is 2.53. The van der Waals surface area contributed by atoms with Crippen LogP contribution in [0.3, 0.4) is 0 Å². The first-order valence-corrected chi connectivity index (χ1v) is 7.05. The number of carbonyl (C=O) groups excluding carboxylic acids is 1. The molecule has 0 amide bonds. The van der Waals surface area contributed by atoms with E-state index in [0.717, 1.165) is 18.7 Å². The molecule has 0 aromatic heterocycles. The van der Waals surface area contributed by atoms with Crippen molar-refractivity contribution in [1.29, 1.82) is 0 Å². The Kier molecular flexibility index (Phi) is 4.59. The first-order chi connectivity index (χ1) is 9.11. The summed E-state index contributed by atoms with van der Waals surface area (Å²) in [4.78, 5) is 14.7. The molecule has 1 saturated heterocycles. The van der Waals surface area contributed by atoms with Gasteiger partial charge in [-0.05, 0) is 49.5 Å². The zero-order chi connectivity index (χ0) is 13.8. The molecule has 3 nitrogen and oxygen atoms in total. The third-order valence-electron chi connectivity index (χ3n) is 3.76. The van der Waals surface area contributed by atoms with Crippen LogP contribution < -0.4 is 4.74 Å². The summed E-state index contributed by atoms with van der Waals surface area (Å²) in [6.45, 7) is 6.86. The maximum atomic E-state index is 12.4. The summed E-state index contributed by atoms with van der Waals surface area (Å²) in [6.07, 6.45) is 2.41. The second kappa shape index (κ2) is 6.20.